The number of hydrogen-bond donors (Lipinski definition) is 11. The fourth-order valence-corrected chi connectivity index (χ4v) is 6.41. The Balaban J connectivity index is 1.45. The van der Waals surface area contributed by atoms with Crippen molar-refractivity contribution in [2.75, 3.05) is 52.6 Å². The Hall–Kier alpha value is -0.760. The number of rotatable bonds is 14. The predicted molar refractivity (Wildman–Crippen MR) is 159 cm³/mol. The fourth-order valence-electron chi connectivity index (χ4n) is 6.41. The van der Waals surface area contributed by atoms with Crippen molar-refractivity contribution in [3.05, 3.63) is 0 Å². The molecule has 0 amide bonds. The van der Waals surface area contributed by atoms with Crippen LogP contribution in [0.25, 0.3) is 0 Å². The number of aliphatic hydroxyl groups is 10. The number of morpholine rings is 1. The third-order valence-corrected chi connectivity index (χ3v) is 9.17. The summed E-state index contributed by atoms with van der Waals surface area (Å²) in [5.74, 6) is -0.332. The summed E-state index contributed by atoms with van der Waals surface area (Å²) < 4.78 is 40.3. The molecule has 4 aliphatic rings. The van der Waals surface area contributed by atoms with E-state index in [2.05, 4.69) is 0 Å². The van der Waals surface area contributed by atoms with Crippen LogP contribution in [0.1, 0.15) is 20.3 Å². The molecule has 0 radical (unpaired) electrons. The Labute approximate surface area is 278 Å². The van der Waals surface area contributed by atoms with Gasteiger partial charge in [-0.3, -0.25) is 4.90 Å². The van der Waals surface area contributed by atoms with Crippen LogP contribution in [0.3, 0.4) is 0 Å². The molecule has 19 nitrogen and oxygen atoms in total. The zero-order valence-electron chi connectivity index (χ0n) is 27.1. The maximum absolute atomic E-state index is 11.2. The quantitative estimate of drug-likeness (QED) is 0.0802. The molecule has 0 bridgehead atoms. The average Bonchev–Trinajstić information content (AvgIpc) is 3.07. The van der Waals surface area contributed by atoms with E-state index in [0.717, 1.165) is 0 Å². The van der Waals surface area contributed by atoms with E-state index in [-0.39, 0.29) is 19.1 Å². The van der Waals surface area contributed by atoms with Crippen LogP contribution in [0.5, 0.6) is 0 Å². The van der Waals surface area contributed by atoms with Crippen molar-refractivity contribution in [3.63, 3.8) is 0 Å². The number of nitrogens with zero attached hydrogens (tertiary/aromatic N) is 1. The van der Waals surface area contributed by atoms with Gasteiger partial charge in [0, 0.05) is 13.1 Å². The van der Waals surface area contributed by atoms with Gasteiger partial charge in [0.15, 0.2) is 18.9 Å². The Morgan fingerprint density at radius 3 is 1.92 bits per heavy atom. The van der Waals surface area contributed by atoms with Gasteiger partial charge in [0.25, 0.3) is 0 Å². The summed E-state index contributed by atoms with van der Waals surface area (Å²) in [6.07, 6.45) is -23.1. The molecule has 17 atom stereocenters. The number of ether oxygens (including phenoxy) is 7. The Kier molecular flexibility index (Phi) is 15.1. The first-order chi connectivity index (χ1) is 22.8. The maximum Gasteiger partial charge on any atom is 0.187 e. The van der Waals surface area contributed by atoms with Crippen molar-refractivity contribution in [3.8, 4) is 0 Å². The van der Waals surface area contributed by atoms with Crippen molar-refractivity contribution >= 4 is 0 Å². The zero-order chi connectivity index (χ0) is 35.3. The van der Waals surface area contributed by atoms with Crippen molar-refractivity contribution in [1.82, 2.24) is 4.90 Å². The molecule has 4 heterocycles. The molecule has 0 saturated carbocycles. The molecule has 0 aromatic carbocycles. The number of hydrogen-bond acceptors (Lipinski definition) is 19. The molecule has 4 fully saturated rings. The van der Waals surface area contributed by atoms with Gasteiger partial charge in [-0.2, -0.15) is 0 Å². The normalized spacial score (nSPS) is 46.2. The smallest absolute Gasteiger partial charge is 0.187 e. The number of nitrogens with two attached hydrogens (primary N) is 1. The lowest BCUT2D eigenvalue weighted by Crippen LogP contribution is -2.65. The molecule has 282 valence electrons. The molecule has 19 heteroatoms. The van der Waals surface area contributed by atoms with E-state index in [1.807, 2.05) is 4.90 Å². The first kappa shape index (κ1) is 40.0. The van der Waals surface area contributed by atoms with Crippen LogP contribution in [0.2, 0.25) is 0 Å². The highest BCUT2D eigenvalue weighted by molar-refractivity contribution is 4.97. The summed E-state index contributed by atoms with van der Waals surface area (Å²) in [6.45, 7) is 3.08. The lowest BCUT2D eigenvalue weighted by atomic mass is 9.89. The minimum absolute atomic E-state index is 0.249. The van der Waals surface area contributed by atoms with Crippen LogP contribution < -0.4 is 5.73 Å². The second-order valence-electron chi connectivity index (χ2n) is 13.1. The molecule has 17 unspecified atom stereocenters. The summed E-state index contributed by atoms with van der Waals surface area (Å²) >= 11 is 0. The summed E-state index contributed by atoms with van der Waals surface area (Å²) in [5.41, 5.74) is 5.63. The molecule has 0 aromatic heterocycles. The van der Waals surface area contributed by atoms with E-state index in [1.165, 1.54) is 0 Å². The molecule has 0 aliphatic carbocycles. The van der Waals surface area contributed by atoms with E-state index in [9.17, 15) is 51.1 Å². The van der Waals surface area contributed by atoms with Gasteiger partial charge in [-0.05, 0) is 25.4 Å². The highest BCUT2D eigenvalue weighted by atomic mass is 16.7. The van der Waals surface area contributed by atoms with Crippen LogP contribution in [0, 0.1) is 5.92 Å². The van der Waals surface area contributed by atoms with Gasteiger partial charge in [-0.1, -0.05) is 13.8 Å². The van der Waals surface area contributed by atoms with Gasteiger partial charge < -0.3 is 90.0 Å². The average molecular weight is 703 g/mol. The molecular weight excluding hydrogens is 648 g/mol. The molecule has 4 saturated heterocycles. The first-order valence-corrected chi connectivity index (χ1v) is 16.4. The molecule has 12 N–H and O–H groups in total. The van der Waals surface area contributed by atoms with Crippen LogP contribution in [-0.2, 0) is 33.2 Å². The van der Waals surface area contributed by atoms with Crippen molar-refractivity contribution in [1.29, 1.82) is 0 Å². The second kappa shape index (κ2) is 18.1. The lowest BCUT2D eigenvalue weighted by Gasteiger charge is -2.48. The van der Waals surface area contributed by atoms with Gasteiger partial charge in [-0.15, -0.1) is 0 Å². The Morgan fingerprint density at radius 2 is 1.29 bits per heavy atom. The molecule has 0 spiro atoms. The third kappa shape index (κ3) is 9.17. The van der Waals surface area contributed by atoms with Gasteiger partial charge in [-0.25, -0.2) is 0 Å². The van der Waals surface area contributed by atoms with Crippen LogP contribution >= 0.6 is 0 Å². The summed E-state index contributed by atoms with van der Waals surface area (Å²) in [4.78, 5) is 1.97. The molecule has 0 aromatic rings. The predicted octanol–water partition coefficient (Wildman–Crippen LogP) is -6.47. The van der Waals surface area contributed by atoms with Crippen molar-refractivity contribution < 1.29 is 84.2 Å². The van der Waals surface area contributed by atoms with E-state index < -0.39 is 124 Å². The largest absolute Gasteiger partial charge is 0.394 e. The summed E-state index contributed by atoms with van der Waals surface area (Å²) in [7, 11) is 0. The van der Waals surface area contributed by atoms with Gasteiger partial charge in [0.05, 0.1) is 38.6 Å². The Morgan fingerprint density at radius 1 is 0.667 bits per heavy atom. The van der Waals surface area contributed by atoms with Crippen LogP contribution in [0.15, 0.2) is 0 Å². The standard InChI is InChI=1S/C29H54N2O17/c1-12(2)25-23(40)26(48-29-22(39)21(38)18(35)14(9-33)46-29)20(37)16(44-25)11-42-28-24(41)27(19(36)15(10-34)45-28)47-17-7-31(5-3-4-30)6-13(8-32)43-17/h12-29,32-41H,3-11,30H2,1-2H3. The lowest BCUT2D eigenvalue weighted by molar-refractivity contribution is -0.354. The highest BCUT2D eigenvalue weighted by Crippen LogP contribution is 2.33. The fraction of sp³-hybridized carbons (Fsp3) is 1.00. The number of aliphatic hydroxyl groups excluding tert-OH is 10. The minimum Gasteiger partial charge on any atom is -0.394 e. The van der Waals surface area contributed by atoms with E-state index in [4.69, 9.17) is 38.9 Å². The van der Waals surface area contributed by atoms with Crippen LogP contribution in [-0.4, -0.2) is 213 Å². The monoisotopic (exact) mass is 702 g/mol. The topological polar surface area (TPSA) is 296 Å². The zero-order valence-corrected chi connectivity index (χ0v) is 27.1. The van der Waals surface area contributed by atoms with Crippen LogP contribution in [0.4, 0.5) is 0 Å². The van der Waals surface area contributed by atoms with Gasteiger partial charge in [0.1, 0.15) is 73.2 Å². The van der Waals surface area contributed by atoms with E-state index in [0.29, 0.717) is 26.1 Å². The molecule has 48 heavy (non-hydrogen) atoms. The van der Waals surface area contributed by atoms with E-state index in [1.54, 1.807) is 13.8 Å². The van der Waals surface area contributed by atoms with Gasteiger partial charge in [0.2, 0.25) is 0 Å². The molecule has 4 rings (SSSR count). The molecule has 4 aliphatic heterocycles. The second-order valence-corrected chi connectivity index (χ2v) is 13.1. The summed E-state index contributed by atoms with van der Waals surface area (Å²) in [5, 5.41) is 104. The van der Waals surface area contributed by atoms with Crippen molar-refractivity contribution in [2.45, 2.75) is 125 Å². The Bertz CT molecular complexity index is 955. The maximum atomic E-state index is 11.2. The summed E-state index contributed by atoms with van der Waals surface area (Å²) in [6, 6.07) is 0. The van der Waals surface area contributed by atoms with Gasteiger partial charge >= 0.3 is 0 Å². The highest BCUT2D eigenvalue weighted by Gasteiger charge is 2.52. The van der Waals surface area contributed by atoms with E-state index >= 15 is 0 Å². The third-order valence-electron chi connectivity index (χ3n) is 9.17. The SMILES string of the molecule is CC(C)C1OC(COC2OC(CO)C(O)C(OC3CN(CCCN)CC(CO)O3)C2O)C(O)C(OC2OC(CO)C(O)C(O)C2O)C1O. The first-order valence-electron chi connectivity index (χ1n) is 16.4. The van der Waals surface area contributed by atoms with Crippen molar-refractivity contribution in [2.24, 2.45) is 11.7 Å². The molecular formula is C29H54N2O17. The minimum atomic E-state index is -1.80.